The molecule has 1 aromatic heterocycles. The van der Waals surface area contributed by atoms with Gasteiger partial charge in [-0.3, -0.25) is 4.79 Å². The number of benzene rings is 3. The summed E-state index contributed by atoms with van der Waals surface area (Å²) in [5, 5.41) is 12.5. The van der Waals surface area contributed by atoms with Gasteiger partial charge >= 0.3 is 158 Å². The number of rotatable bonds is 10. The summed E-state index contributed by atoms with van der Waals surface area (Å²) in [5.74, 6) is 7.57. The van der Waals surface area contributed by atoms with E-state index in [1.165, 1.54) is 32.5 Å². The molecule has 243 valence electrons. The van der Waals surface area contributed by atoms with Crippen LogP contribution in [0.5, 0.6) is 0 Å². The van der Waals surface area contributed by atoms with E-state index in [0.29, 0.717) is 0 Å². The second kappa shape index (κ2) is 16.3. The second-order valence-corrected chi connectivity index (χ2v) is 24.3. The van der Waals surface area contributed by atoms with Gasteiger partial charge in [-0.25, -0.2) is 0 Å². The minimum absolute atomic E-state index is 0. The van der Waals surface area contributed by atoms with Crippen LogP contribution in [0, 0.1) is 23.8 Å². The van der Waals surface area contributed by atoms with Gasteiger partial charge in [-0.1, -0.05) is 47.6 Å². The molecule has 0 fully saturated rings. The van der Waals surface area contributed by atoms with Gasteiger partial charge in [0, 0.05) is 37.0 Å². The van der Waals surface area contributed by atoms with Gasteiger partial charge < -0.3 is 5.11 Å². The first kappa shape index (κ1) is 38.7. The Morgan fingerprint density at radius 3 is 1.98 bits per heavy atom. The number of aromatic nitrogens is 1. The molecule has 4 aromatic rings. The van der Waals surface area contributed by atoms with Crippen LogP contribution < -0.4 is 4.40 Å². The monoisotopic (exact) mass is 845 g/mol. The van der Waals surface area contributed by atoms with Crippen molar-refractivity contribution in [2.45, 2.75) is 91.4 Å². The van der Waals surface area contributed by atoms with Gasteiger partial charge in [0.1, 0.15) is 5.76 Å². The van der Waals surface area contributed by atoms with Gasteiger partial charge in [-0.15, -0.1) is 0 Å². The van der Waals surface area contributed by atoms with Crippen LogP contribution >= 0.6 is 0 Å². The number of hydrogen-bond donors (Lipinski definition) is 1. The molecule has 1 radical (unpaired) electrons. The number of nitrogens with zero attached hydrogens (tertiary/aromatic N) is 1. The van der Waals surface area contributed by atoms with Crippen molar-refractivity contribution in [3.8, 4) is 22.4 Å². The molecule has 0 unspecified atom stereocenters. The van der Waals surface area contributed by atoms with E-state index >= 15 is 0 Å². The van der Waals surface area contributed by atoms with Crippen LogP contribution in [0.2, 0.25) is 17.3 Å². The van der Waals surface area contributed by atoms with E-state index in [1.54, 1.807) is 0 Å². The van der Waals surface area contributed by atoms with Crippen LogP contribution in [0.3, 0.4) is 0 Å². The Labute approximate surface area is 288 Å². The quantitative estimate of drug-likeness (QED) is 0.0749. The molecule has 0 aliphatic rings. The van der Waals surface area contributed by atoms with Crippen molar-refractivity contribution >= 4 is 34.2 Å². The molecule has 3 aromatic carbocycles. The average molecular weight is 844 g/mol. The van der Waals surface area contributed by atoms with E-state index in [9.17, 15) is 9.90 Å². The molecule has 0 spiro atoms. The number of aryl methyl sites for hydroxylation is 1. The molecule has 0 atom stereocenters. The van der Waals surface area contributed by atoms with Crippen molar-refractivity contribution < 1.29 is 30.0 Å². The first-order valence-electron chi connectivity index (χ1n) is 16.2. The smallest absolute Gasteiger partial charge is 0 e. The Morgan fingerprint density at radius 2 is 1.42 bits per heavy atom. The average Bonchev–Trinajstić information content (AvgIpc) is 3.03. The van der Waals surface area contributed by atoms with E-state index in [4.69, 9.17) is 0 Å². The maximum Gasteiger partial charge on any atom is 0 e. The Kier molecular flexibility index (Phi) is 14.0. The summed E-state index contributed by atoms with van der Waals surface area (Å²) < 4.78 is 1.53. The molecule has 3 nitrogen and oxygen atoms in total. The number of pyridine rings is 1. The van der Waals surface area contributed by atoms with Crippen LogP contribution in [0.4, 0.5) is 0 Å². The number of aliphatic hydroxyl groups excluding tert-OH is 1. The molecule has 0 saturated carbocycles. The van der Waals surface area contributed by atoms with Crippen molar-refractivity contribution in [3.63, 3.8) is 0 Å². The molecule has 4 rings (SSSR count). The number of fused-ring (bicyclic) bond motifs is 1. The van der Waals surface area contributed by atoms with Gasteiger partial charge in [-0.2, -0.15) is 0 Å². The van der Waals surface area contributed by atoms with E-state index in [2.05, 4.69) is 102 Å². The second-order valence-electron chi connectivity index (χ2n) is 13.6. The van der Waals surface area contributed by atoms with E-state index in [-0.39, 0.29) is 42.5 Å². The molecule has 0 saturated heterocycles. The zero-order valence-corrected chi connectivity index (χ0v) is 33.5. The number of allylic oxidation sites excluding steroid dienone is 2. The Balaban J connectivity index is 0.000000343. The summed E-state index contributed by atoms with van der Waals surface area (Å²) in [6.45, 7) is 14.2. The van der Waals surface area contributed by atoms with Crippen molar-refractivity contribution in [2.75, 3.05) is 0 Å². The van der Waals surface area contributed by atoms with Crippen LogP contribution in [0.15, 0.2) is 84.8 Å². The topological polar surface area (TPSA) is 50.2 Å². The van der Waals surface area contributed by atoms with Gasteiger partial charge in [0.25, 0.3) is 0 Å². The van der Waals surface area contributed by atoms with Crippen molar-refractivity contribution in [2.24, 2.45) is 10.8 Å². The van der Waals surface area contributed by atoms with Crippen molar-refractivity contribution in [1.29, 1.82) is 0 Å². The molecule has 0 bridgehead atoms. The van der Waals surface area contributed by atoms with E-state index < -0.39 is 13.3 Å². The minimum Gasteiger partial charge on any atom is 0 e. The van der Waals surface area contributed by atoms with E-state index in [1.807, 2.05) is 47.7 Å². The number of carbonyl (C=O) groups is 1. The molecule has 45 heavy (non-hydrogen) atoms. The van der Waals surface area contributed by atoms with Gasteiger partial charge in [0.05, 0.1) is 0 Å². The van der Waals surface area contributed by atoms with Gasteiger partial charge in [-0.05, 0) is 25.7 Å². The van der Waals surface area contributed by atoms with E-state index in [0.717, 1.165) is 42.3 Å². The molecule has 1 N–H and O–H groups in total. The summed E-state index contributed by atoms with van der Waals surface area (Å²) in [4.78, 5) is 16.8. The first-order valence-corrected chi connectivity index (χ1v) is 23.5. The number of aliphatic hydroxyl groups is 1. The summed E-state index contributed by atoms with van der Waals surface area (Å²) in [7, 11) is 0. The molecule has 1 heterocycles. The third-order valence-corrected chi connectivity index (χ3v) is 14.0. The Bertz CT molecular complexity index is 1590. The summed E-state index contributed by atoms with van der Waals surface area (Å²) in [6, 6.07) is 27.5. The zero-order chi connectivity index (χ0) is 32.7. The van der Waals surface area contributed by atoms with Gasteiger partial charge in [0.2, 0.25) is 0 Å². The third kappa shape index (κ3) is 9.50. The summed E-state index contributed by atoms with van der Waals surface area (Å²) in [6.07, 6.45) is 6.66. The molecule has 0 aliphatic carbocycles. The predicted molar refractivity (Wildman–Crippen MR) is 192 cm³/mol. The van der Waals surface area contributed by atoms with Gasteiger partial charge in [0.15, 0.2) is 5.78 Å². The Hall–Kier alpha value is -2.53. The normalized spacial score (nSPS) is 12.3. The number of ketones is 1. The number of hydrogen-bond acceptors (Lipinski definition) is 3. The number of carbonyl (C=O) groups excluding carboxylic acids is 1. The van der Waals surface area contributed by atoms with Crippen LogP contribution in [-0.2, 0) is 24.9 Å². The third-order valence-electron chi connectivity index (χ3n) is 9.70. The minimum atomic E-state index is -1.77. The fourth-order valence-electron chi connectivity index (χ4n) is 5.15. The molecule has 5 heteroatoms. The molecular weight excluding hydrogens is 791 g/mol. The van der Waals surface area contributed by atoms with Crippen LogP contribution in [0.1, 0.15) is 72.8 Å². The maximum absolute atomic E-state index is 12.2. The summed E-state index contributed by atoms with van der Waals surface area (Å²) >= 11 is -1.77. The van der Waals surface area contributed by atoms with Crippen LogP contribution in [0.25, 0.3) is 33.2 Å². The standard InChI is InChI=1S/C25H24GeN.C15H28O2.Ir/c1-18-15-22(16-21-7-5-6-8-24(18)21)25-17-20(13-14-27-25)19-9-11-23(12-10-19)26(2,3)4;1-7-14(5,8-2)12(16)11-13(17)15(6,9-3)10-4;/h5-15,17H,1-4H3;11,16H,7-10H2,1-6H3;/q-1;;/b;12-11-;. The summed E-state index contributed by atoms with van der Waals surface area (Å²) in [5.41, 5.74) is 5.12. The van der Waals surface area contributed by atoms with Crippen molar-refractivity contribution in [1.82, 2.24) is 4.98 Å². The first-order chi connectivity index (χ1) is 20.7. The fraction of sp³-hybridized carbons (Fsp3) is 0.400. The van der Waals surface area contributed by atoms with Crippen LogP contribution in [-0.4, -0.2) is 29.1 Å². The largest absolute Gasteiger partial charge is 0 e. The Morgan fingerprint density at radius 1 is 0.844 bits per heavy atom. The fourth-order valence-corrected chi connectivity index (χ4v) is 7.60. The zero-order valence-electron chi connectivity index (χ0n) is 29.0. The molecular formula is C40H52GeIrNO2-. The molecule has 0 aliphatic heterocycles. The SMILES string of the molecule is CCC(C)(CC)C(=O)/C=C(\O)C(C)(CC)CC.Cc1cc(-c2cc(-c3cc[c]([Ge]([CH3])([CH3])[CH3])cc3)ccn2)[c-]c2ccccc12.[Ir]. The maximum atomic E-state index is 12.2. The van der Waals surface area contributed by atoms with Crippen molar-refractivity contribution in [3.05, 3.63) is 96.4 Å². The predicted octanol–water partition coefficient (Wildman–Crippen LogP) is 10.9. The molecule has 0 amide bonds.